The Labute approximate surface area is 178 Å². The van der Waals surface area contributed by atoms with Gasteiger partial charge in [0.15, 0.2) is 5.17 Å². The Morgan fingerprint density at radius 1 is 1.13 bits per heavy atom. The lowest BCUT2D eigenvalue weighted by Gasteiger charge is -2.29. The van der Waals surface area contributed by atoms with Gasteiger partial charge in [0.2, 0.25) is 11.8 Å². The predicted octanol–water partition coefficient (Wildman–Crippen LogP) is 3.07. The van der Waals surface area contributed by atoms with Crippen LogP contribution in [0.5, 0.6) is 5.75 Å². The lowest BCUT2D eigenvalue weighted by molar-refractivity contribution is -0.128. The molecule has 1 saturated heterocycles. The van der Waals surface area contributed by atoms with Crippen molar-refractivity contribution >= 4 is 46.1 Å². The summed E-state index contributed by atoms with van der Waals surface area (Å²) in [6, 6.07) is 13.5. The number of para-hydroxylation sites is 2. The highest BCUT2D eigenvalue weighted by atomic mass is 32.2. The molecule has 1 aliphatic rings. The first-order valence-corrected chi connectivity index (χ1v) is 9.95. The number of rotatable bonds is 5. The summed E-state index contributed by atoms with van der Waals surface area (Å²) in [5.74, 6) is -0.421. The number of hydrogen-bond acceptors (Lipinski definition) is 7. The van der Waals surface area contributed by atoms with Crippen LogP contribution < -0.4 is 10.1 Å². The second-order valence-electron chi connectivity index (χ2n) is 6.39. The van der Waals surface area contributed by atoms with E-state index in [9.17, 15) is 14.4 Å². The molecule has 0 bridgehead atoms. The number of esters is 1. The van der Waals surface area contributed by atoms with Crippen molar-refractivity contribution in [1.29, 1.82) is 0 Å². The van der Waals surface area contributed by atoms with Crippen LogP contribution in [0, 0.1) is 0 Å². The fraction of sp³-hybridized carbons (Fsp3) is 0.238. The van der Waals surface area contributed by atoms with Crippen LogP contribution in [0.4, 0.5) is 11.4 Å². The first-order chi connectivity index (χ1) is 14.4. The van der Waals surface area contributed by atoms with Crippen molar-refractivity contribution in [3.63, 3.8) is 0 Å². The van der Waals surface area contributed by atoms with E-state index in [4.69, 9.17) is 4.74 Å². The summed E-state index contributed by atoms with van der Waals surface area (Å²) in [5.41, 5.74) is 1.49. The van der Waals surface area contributed by atoms with Crippen molar-refractivity contribution in [3.8, 4) is 5.75 Å². The van der Waals surface area contributed by atoms with Gasteiger partial charge < -0.3 is 14.8 Å². The largest absolute Gasteiger partial charge is 0.495 e. The highest BCUT2D eigenvalue weighted by Crippen LogP contribution is 2.30. The van der Waals surface area contributed by atoms with Gasteiger partial charge in [-0.1, -0.05) is 23.9 Å². The second kappa shape index (κ2) is 9.45. The second-order valence-corrected chi connectivity index (χ2v) is 7.56. The lowest BCUT2D eigenvalue weighted by Crippen LogP contribution is -2.43. The Kier molecular flexibility index (Phi) is 6.73. The number of thioether (sulfide) groups is 1. The number of carbonyl (C=O) groups is 3. The Balaban J connectivity index is 1.78. The molecule has 9 heteroatoms. The standard InChI is InChI=1S/C21H21N3O5S/c1-24-18(25)12-17(19(26)23-15-6-4-5-7-16(15)28-2)30-21(24)22-14-10-8-13(9-11-14)20(27)29-3/h4-11,17H,12H2,1-3H3,(H,23,26)/t17-/m1/s1. The highest BCUT2D eigenvalue weighted by Gasteiger charge is 2.34. The van der Waals surface area contributed by atoms with Crippen molar-refractivity contribution in [2.75, 3.05) is 26.6 Å². The van der Waals surface area contributed by atoms with E-state index in [0.29, 0.717) is 27.9 Å². The molecule has 0 aromatic heterocycles. The molecule has 3 rings (SSSR count). The van der Waals surface area contributed by atoms with Crippen molar-refractivity contribution in [1.82, 2.24) is 4.90 Å². The summed E-state index contributed by atoms with van der Waals surface area (Å²) in [6.45, 7) is 0. The quantitative estimate of drug-likeness (QED) is 0.737. The fourth-order valence-electron chi connectivity index (χ4n) is 2.76. The molecule has 2 aromatic rings. The molecule has 2 aromatic carbocycles. The zero-order valence-electron chi connectivity index (χ0n) is 16.7. The Hall–Kier alpha value is -3.33. The number of ether oxygens (including phenoxy) is 2. The maximum absolute atomic E-state index is 12.8. The normalized spacial score (nSPS) is 17.6. The zero-order valence-corrected chi connectivity index (χ0v) is 17.6. The van der Waals surface area contributed by atoms with Gasteiger partial charge in [0.1, 0.15) is 11.0 Å². The molecule has 1 aliphatic heterocycles. The molecule has 8 nitrogen and oxygen atoms in total. The van der Waals surface area contributed by atoms with Crippen LogP contribution in [0.25, 0.3) is 0 Å². The van der Waals surface area contributed by atoms with E-state index in [0.717, 1.165) is 0 Å². The molecule has 1 heterocycles. The van der Waals surface area contributed by atoms with Gasteiger partial charge in [-0.3, -0.25) is 14.5 Å². The Morgan fingerprint density at radius 2 is 1.83 bits per heavy atom. The first kappa shape index (κ1) is 21.4. The van der Waals surface area contributed by atoms with Crippen LogP contribution in [0.15, 0.2) is 53.5 Å². The number of hydrogen-bond donors (Lipinski definition) is 1. The van der Waals surface area contributed by atoms with Crippen molar-refractivity contribution < 1.29 is 23.9 Å². The third kappa shape index (κ3) is 4.80. The number of nitrogens with zero attached hydrogens (tertiary/aromatic N) is 2. The average molecular weight is 427 g/mol. The third-order valence-electron chi connectivity index (χ3n) is 4.44. The topological polar surface area (TPSA) is 97.3 Å². The van der Waals surface area contributed by atoms with E-state index in [1.807, 2.05) is 0 Å². The van der Waals surface area contributed by atoms with Crippen LogP contribution in [0.1, 0.15) is 16.8 Å². The summed E-state index contributed by atoms with van der Waals surface area (Å²) >= 11 is 1.20. The molecular weight excluding hydrogens is 406 g/mol. The van der Waals surface area contributed by atoms with Crippen LogP contribution in [0.2, 0.25) is 0 Å². The van der Waals surface area contributed by atoms with Crippen LogP contribution in [-0.2, 0) is 14.3 Å². The number of aliphatic imine (C=N–C) groups is 1. The van der Waals surface area contributed by atoms with Gasteiger partial charge in [0, 0.05) is 13.5 Å². The number of amidine groups is 1. The smallest absolute Gasteiger partial charge is 0.337 e. The minimum atomic E-state index is -0.633. The minimum absolute atomic E-state index is 0.0580. The summed E-state index contributed by atoms with van der Waals surface area (Å²) in [5, 5.41) is 2.58. The molecular formula is C21H21N3O5S. The molecule has 0 saturated carbocycles. The SMILES string of the molecule is COC(=O)c1ccc(N=C2S[C@@H](C(=O)Nc3ccccc3OC)CC(=O)N2C)cc1. The number of amides is 2. The number of benzene rings is 2. The summed E-state index contributed by atoms with van der Waals surface area (Å²) < 4.78 is 9.93. The Bertz CT molecular complexity index is 990. The Morgan fingerprint density at radius 3 is 2.50 bits per heavy atom. The monoisotopic (exact) mass is 427 g/mol. The van der Waals surface area contributed by atoms with Gasteiger partial charge >= 0.3 is 5.97 Å². The molecule has 0 aliphatic carbocycles. The van der Waals surface area contributed by atoms with Crippen molar-refractivity contribution in [3.05, 3.63) is 54.1 Å². The summed E-state index contributed by atoms with van der Waals surface area (Å²) in [6.07, 6.45) is 0.0580. The molecule has 1 fully saturated rings. The van der Waals surface area contributed by atoms with Gasteiger partial charge in [-0.25, -0.2) is 9.79 Å². The van der Waals surface area contributed by atoms with Gasteiger partial charge in [-0.15, -0.1) is 0 Å². The number of methoxy groups -OCH3 is 2. The van der Waals surface area contributed by atoms with Gasteiger partial charge in [-0.2, -0.15) is 0 Å². The average Bonchev–Trinajstić information content (AvgIpc) is 2.77. The molecule has 1 atom stereocenters. The van der Waals surface area contributed by atoms with Crippen LogP contribution in [0.3, 0.4) is 0 Å². The molecule has 2 amide bonds. The van der Waals surface area contributed by atoms with E-state index in [1.165, 1.54) is 30.9 Å². The predicted molar refractivity (Wildman–Crippen MR) is 115 cm³/mol. The van der Waals surface area contributed by atoms with Crippen LogP contribution in [-0.4, -0.2) is 54.4 Å². The van der Waals surface area contributed by atoms with E-state index < -0.39 is 11.2 Å². The first-order valence-electron chi connectivity index (χ1n) is 9.07. The van der Waals surface area contributed by atoms with E-state index in [2.05, 4.69) is 15.0 Å². The maximum Gasteiger partial charge on any atom is 0.337 e. The maximum atomic E-state index is 12.8. The molecule has 0 unspecified atom stereocenters. The van der Waals surface area contributed by atoms with Gasteiger partial charge in [-0.05, 0) is 36.4 Å². The number of anilines is 1. The van der Waals surface area contributed by atoms with Crippen LogP contribution >= 0.6 is 11.8 Å². The van der Waals surface area contributed by atoms with Gasteiger partial charge in [0.05, 0.1) is 31.2 Å². The molecule has 1 N–H and O–H groups in total. The lowest BCUT2D eigenvalue weighted by atomic mass is 10.2. The summed E-state index contributed by atoms with van der Waals surface area (Å²) in [7, 11) is 4.45. The van der Waals surface area contributed by atoms with Gasteiger partial charge in [0.25, 0.3) is 0 Å². The highest BCUT2D eigenvalue weighted by molar-refractivity contribution is 8.15. The molecule has 30 heavy (non-hydrogen) atoms. The zero-order chi connectivity index (χ0) is 21.7. The molecule has 0 radical (unpaired) electrons. The minimum Gasteiger partial charge on any atom is -0.495 e. The fourth-order valence-corrected chi connectivity index (χ4v) is 3.82. The summed E-state index contributed by atoms with van der Waals surface area (Å²) in [4.78, 5) is 42.7. The number of carbonyl (C=O) groups excluding carboxylic acids is 3. The molecule has 156 valence electrons. The molecule has 0 spiro atoms. The van der Waals surface area contributed by atoms with E-state index >= 15 is 0 Å². The van der Waals surface area contributed by atoms with E-state index in [1.54, 1.807) is 55.6 Å². The third-order valence-corrected chi connectivity index (χ3v) is 5.68. The number of nitrogens with one attached hydrogen (secondary N) is 1. The van der Waals surface area contributed by atoms with E-state index in [-0.39, 0.29) is 18.2 Å². The van der Waals surface area contributed by atoms with Crippen molar-refractivity contribution in [2.24, 2.45) is 4.99 Å². The van der Waals surface area contributed by atoms with Crippen molar-refractivity contribution in [2.45, 2.75) is 11.7 Å².